The van der Waals surface area contributed by atoms with Crippen LogP contribution in [0.1, 0.15) is 40.0 Å². The molecule has 0 saturated carbocycles. The van der Waals surface area contributed by atoms with E-state index in [1.165, 1.54) is 0 Å². The van der Waals surface area contributed by atoms with E-state index >= 15 is 0 Å². The largest absolute Gasteiger partial charge is 0.392 e. The number of hydrogen-bond donors (Lipinski definition) is 2. The number of rotatable bonds is 8. The molecule has 4 nitrogen and oxygen atoms in total. The van der Waals surface area contributed by atoms with E-state index in [1.807, 2.05) is 6.92 Å². The van der Waals surface area contributed by atoms with E-state index in [0.717, 1.165) is 19.3 Å². The molecule has 3 N–H and O–H groups in total. The molecule has 0 aliphatic carbocycles. The topological polar surface area (TPSA) is 72.2 Å². The second-order valence-electron chi connectivity index (χ2n) is 4.57. The summed E-state index contributed by atoms with van der Waals surface area (Å²) in [6.07, 6.45) is 2.98. The molecule has 6 heteroatoms. The molecular formula is C10H22N2O2S2. The van der Waals surface area contributed by atoms with Gasteiger partial charge in [0.15, 0.2) is 0 Å². The van der Waals surface area contributed by atoms with Crippen molar-refractivity contribution >= 4 is 27.2 Å². The number of hydrogen-bond acceptors (Lipinski definition) is 3. The van der Waals surface area contributed by atoms with E-state index < -0.39 is 10.0 Å². The number of nitrogens with two attached hydrogens (primary N) is 1. The van der Waals surface area contributed by atoms with Crippen LogP contribution >= 0.6 is 12.2 Å². The monoisotopic (exact) mass is 266 g/mol. The average Bonchev–Trinajstić information content (AvgIpc) is 1.98. The van der Waals surface area contributed by atoms with Crippen molar-refractivity contribution in [1.82, 2.24) is 4.72 Å². The maximum atomic E-state index is 11.5. The van der Waals surface area contributed by atoms with E-state index in [2.05, 4.69) is 30.8 Å². The van der Waals surface area contributed by atoms with Crippen LogP contribution in [-0.2, 0) is 10.0 Å². The van der Waals surface area contributed by atoms with E-state index in [9.17, 15) is 8.42 Å². The highest BCUT2D eigenvalue weighted by Crippen LogP contribution is 2.08. The molecule has 0 fully saturated rings. The summed E-state index contributed by atoms with van der Waals surface area (Å²) in [7, 11) is -3.35. The average molecular weight is 266 g/mol. The molecule has 0 rings (SSSR count). The van der Waals surface area contributed by atoms with Crippen molar-refractivity contribution in [2.75, 3.05) is 5.75 Å². The molecular weight excluding hydrogens is 244 g/mol. The highest BCUT2D eigenvalue weighted by atomic mass is 32.2. The Kier molecular flexibility index (Phi) is 7.10. The van der Waals surface area contributed by atoms with E-state index in [-0.39, 0.29) is 16.8 Å². The van der Waals surface area contributed by atoms with E-state index in [1.54, 1.807) is 0 Å². The first kappa shape index (κ1) is 15.8. The Morgan fingerprint density at radius 1 is 1.31 bits per heavy atom. The number of sulfonamides is 1. The summed E-state index contributed by atoms with van der Waals surface area (Å²) in [5, 5.41) is 0. The predicted octanol–water partition coefficient (Wildman–Crippen LogP) is 1.41. The fourth-order valence-corrected chi connectivity index (χ4v) is 3.08. The molecule has 0 aliphatic heterocycles. The van der Waals surface area contributed by atoms with Gasteiger partial charge in [-0.25, -0.2) is 13.1 Å². The zero-order valence-corrected chi connectivity index (χ0v) is 11.8. The summed E-state index contributed by atoms with van der Waals surface area (Å²) < 4.78 is 25.5. The molecule has 0 aromatic carbocycles. The number of nitrogens with one attached hydrogen (secondary N) is 1. The van der Waals surface area contributed by atoms with Gasteiger partial charge >= 0.3 is 0 Å². The third-order valence-corrected chi connectivity index (χ3v) is 3.91. The first-order valence-electron chi connectivity index (χ1n) is 5.51. The molecule has 0 bridgehead atoms. The van der Waals surface area contributed by atoms with Gasteiger partial charge in [0.1, 0.15) is 5.75 Å². The van der Waals surface area contributed by atoms with Crippen LogP contribution in [0.3, 0.4) is 0 Å². The van der Waals surface area contributed by atoms with Crippen LogP contribution in [0.4, 0.5) is 0 Å². The van der Waals surface area contributed by atoms with Gasteiger partial charge in [0.25, 0.3) is 0 Å². The molecule has 1 atom stereocenters. The van der Waals surface area contributed by atoms with Crippen molar-refractivity contribution in [1.29, 1.82) is 0 Å². The van der Waals surface area contributed by atoms with Crippen LogP contribution in [-0.4, -0.2) is 25.2 Å². The molecule has 0 saturated heterocycles. The van der Waals surface area contributed by atoms with Crippen molar-refractivity contribution in [3.63, 3.8) is 0 Å². The van der Waals surface area contributed by atoms with Crippen molar-refractivity contribution in [2.24, 2.45) is 11.7 Å². The summed E-state index contributed by atoms with van der Waals surface area (Å²) >= 11 is 4.58. The summed E-state index contributed by atoms with van der Waals surface area (Å²) in [5.41, 5.74) is 5.21. The van der Waals surface area contributed by atoms with Gasteiger partial charge in [-0.15, -0.1) is 0 Å². The molecule has 0 heterocycles. The zero-order valence-electron chi connectivity index (χ0n) is 10.2. The maximum absolute atomic E-state index is 11.5. The van der Waals surface area contributed by atoms with Gasteiger partial charge < -0.3 is 5.73 Å². The first-order chi connectivity index (χ1) is 7.23. The fourth-order valence-electron chi connectivity index (χ4n) is 1.43. The quantitative estimate of drug-likeness (QED) is 0.652. The van der Waals surface area contributed by atoms with E-state index in [0.29, 0.717) is 5.92 Å². The fraction of sp³-hybridized carbons (Fsp3) is 0.900. The van der Waals surface area contributed by atoms with Crippen LogP contribution in [0.2, 0.25) is 0 Å². The third kappa shape index (κ3) is 9.06. The normalized spacial score (nSPS) is 14.0. The van der Waals surface area contributed by atoms with Crippen molar-refractivity contribution in [3.8, 4) is 0 Å². The van der Waals surface area contributed by atoms with Crippen LogP contribution in [0.25, 0.3) is 0 Å². The Labute approximate surface area is 104 Å². The van der Waals surface area contributed by atoms with Crippen LogP contribution in [0.15, 0.2) is 0 Å². The minimum atomic E-state index is -3.35. The smallest absolute Gasteiger partial charge is 0.218 e. The molecule has 0 aliphatic rings. The Morgan fingerprint density at radius 2 is 1.88 bits per heavy atom. The molecule has 1 unspecified atom stereocenters. The zero-order chi connectivity index (χ0) is 12.8. The summed E-state index contributed by atoms with van der Waals surface area (Å²) in [5.74, 6) is 0.386. The standard InChI is InChI=1S/C10H22N2O2S2/c1-8(2)5-4-6-9(3)12-16(13,14)7-10(11)15/h8-9,12H,4-7H2,1-3H3,(H2,11,15). The lowest BCUT2D eigenvalue weighted by molar-refractivity contribution is 0.489. The van der Waals surface area contributed by atoms with Crippen LogP contribution in [0, 0.1) is 5.92 Å². The maximum Gasteiger partial charge on any atom is 0.218 e. The molecule has 0 radical (unpaired) electrons. The Hall–Kier alpha value is -0.200. The molecule has 0 aromatic heterocycles. The van der Waals surface area contributed by atoms with Gasteiger partial charge in [0.2, 0.25) is 10.0 Å². The molecule has 0 spiro atoms. The highest BCUT2D eigenvalue weighted by molar-refractivity contribution is 7.92. The van der Waals surface area contributed by atoms with E-state index in [4.69, 9.17) is 5.73 Å². The lowest BCUT2D eigenvalue weighted by Crippen LogP contribution is -2.37. The summed E-state index contributed by atoms with van der Waals surface area (Å²) in [6.45, 7) is 6.17. The minimum Gasteiger partial charge on any atom is -0.392 e. The highest BCUT2D eigenvalue weighted by Gasteiger charge is 2.15. The lowest BCUT2D eigenvalue weighted by atomic mass is 10.0. The SMILES string of the molecule is CC(C)CCCC(C)NS(=O)(=O)CC(N)=S. The predicted molar refractivity (Wildman–Crippen MR) is 71.9 cm³/mol. The van der Waals surface area contributed by atoms with Gasteiger partial charge in [0.05, 0.1) is 4.99 Å². The second-order valence-corrected chi connectivity index (χ2v) is 6.85. The molecule has 16 heavy (non-hydrogen) atoms. The first-order valence-corrected chi connectivity index (χ1v) is 7.57. The van der Waals surface area contributed by atoms with Crippen LogP contribution < -0.4 is 10.5 Å². The second kappa shape index (κ2) is 7.19. The summed E-state index contributed by atoms with van der Waals surface area (Å²) in [4.78, 5) is 0.00174. The Balaban J connectivity index is 3.95. The Bertz CT molecular complexity index is 313. The molecule has 0 aromatic rings. The lowest BCUT2D eigenvalue weighted by Gasteiger charge is -2.14. The van der Waals surface area contributed by atoms with Gasteiger partial charge in [-0.05, 0) is 19.3 Å². The minimum absolute atomic E-state index is 0.00174. The molecule has 0 amide bonds. The van der Waals surface area contributed by atoms with Crippen LogP contribution in [0.5, 0.6) is 0 Å². The molecule has 96 valence electrons. The van der Waals surface area contributed by atoms with Crippen molar-refractivity contribution in [2.45, 2.75) is 46.1 Å². The van der Waals surface area contributed by atoms with Gasteiger partial charge in [0, 0.05) is 6.04 Å². The van der Waals surface area contributed by atoms with Gasteiger partial charge in [-0.3, -0.25) is 0 Å². The van der Waals surface area contributed by atoms with Gasteiger partial charge in [-0.1, -0.05) is 38.9 Å². The number of thiocarbonyl (C=S) groups is 1. The summed E-state index contributed by atoms with van der Waals surface area (Å²) in [6, 6.07) is -0.0573. The van der Waals surface area contributed by atoms with Crippen molar-refractivity contribution < 1.29 is 8.42 Å². The van der Waals surface area contributed by atoms with Gasteiger partial charge in [-0.2, -0.15) is 0 Å². The Morgan fingerprint density at radius 3 is 2.31 bits per heavy atom. The van der Waals surface area contributed by atoms with Crippen molar-refractivity contribution in [3.05, 3.63) is 0 Å². The third-order valence-electron chi connectivity index (χ3n) is 2.13.